The number of hydrogen-bond acceptors (Lipinski definition) is 4. The Morgan fingerprint density at radius 1 is 1.67 bits per heavy atom. The van der Waals surface area contributed by atoms with Gasteiger partial charge in [0, 0.05) is 6.07 Å². The number of nitrogens with zero attached hydrogens (tertiary/aromatic N) is 1. The van der Waals surface area contributed by atoms with Crippen LogP contribution in [-0.2, 0) is 6.54 Å². The van der Waals surface area contributed by atoms with Crippen LogP contribution in [0, 0.1) is 6.92 Å². The molecule has 2 aromatic heterocycles. The molecule has 0 radical (unpaired) electrons. The monoisotopic (exact) mass is 222 g/mol. The third kappa shape index (κ3) is 2.44. The van der Waals surface area contributed by atoms with Gasteiger partial charge < -0.3 is 9.84 Å². The average molecular weight is 222 g/mol. The summed E-state index contributed by atoms with van der Waals surface area (Å²) in [4.78, 5) is 12.2. The van der Waals surface area contributed by atoms with E-state index in [1.165, 1.54) is 11.3 Å². The molecule has 0 aliphatic heterocycles. The molecule has 1 N–H and O–H groups in total. The molecule has 0 aliphatic rings. The van der Waals surface area contributed by atoms with Crippen molar-refractivity contribution in [2.24, 2.45) is 0 Å². The van der Waals surface area contributed by atoms with E-state index in [9.17, 15) is 4.79 Å². The number of aromatic nitrogens is 1. The second-order valence-corrected chi connectivity index (χ2v) is 4.04. The first-order valence-electron chi connectivity index (χ1n) is 4.49. The highest BCUT2D eigenvalue weighted by molar-refractivity contribution is 7.12. The third-order valence-corrected chi connectivity index (χ3v) is 2.72. The van der Waals surface area contributed by atoms with E-state index in [0.717, 1.165) is 11.5 Å². The molecule has 5 heteroatoms. The van der Waals surface area contributed by atoms with Crippen molar-refractivity contribution in [2.45, 2.75) is 13.5 Å². The maximum atomic E-state index is 11.5. The van der Waals surface area contributed by atoms with Gasteiger partial charge in [-0.3, -0.25) is 4.79 Å². The summed E-state index contributed by atoms with van der Waals surface area (Å²) in [5.74, 6) is 0.668. The first-order chi connectivity index (χ1) is 7.25. The van der Waals surface area contributed by atoms with E-state index in [0.29, 0.717) is 11.4 Å². The van der Waals surface area contributed by atoms with E-state index < -0.39 is 0 Å². The molecule has 4 nitrogen and oxygen atoms in total. The van der Waals surface area contributed by atoms with Crippen LogP contribution in [0.1, 0.15) is 21.1 Å². The van der Waals surface area contributed by atoms with E-state index in [4.69, 9.17) is 4.52 Å². The maximum Gasteiger partial charge on any atom is 0.261 e. The Morgan fingerprint density at radius 3 is 3.13 bits per heavy atom. The van der Waals surface area contributed by atoms with Crippen molar-refractivity contribution >= 4 is 17.2 Å². The van der Waals surface area contributed by atoms with Crippen LogP contribution >= 0.6 is 11.3 Å². The van der Waals surface area contributed by atoms with Gasteiger partial charge in [-0.15, -0.1) is 11.3 Å². The fraction of sp³-hybridized carbons (Fsp3) is 0.200. The normalized spacial score (nSPS) is 10.2. The summed E-state index contributed by atoms with van der Waals surface area (Å²) in [6, 6.07) is 5.43. The lowest BCUT2D eigenvalue weighted by atomic mass is 10.3. The smallest absolute Gasteiger partial charge is 0.261 e. The van der Waals surface area contributed by atoms with E-state index in [-0.39, 0.29) is 5.91 Å². The standard InChI is InChI=1S/C10H10N2O2S/c1-7-5-8(12-14-7)6-11-10(13)9-3-2-4-15-9/h2-5H,6H2,1H3,(H,11,13). The highest BCUT2D eigenvalue weighted by atomic mass is 32.1. The Balaban J connectivity index is 1.91. The first-order valence-corrected chi connectivity index (χ1v) is 5.37. The summed E-state index contributed by atoms with van der Waals surface area (Å²) in [7, 11) is 0. The molecule has 0 saturated carbocycles. The lowest BCUT2D eigenvalue weighted by molar-refractivity contribution is 0.0954. The Hall–Kier alpha value is -1.62. The number of carbonyl (C=O) groups excluding carboxylic acids is 1. The largest absolute Gasteiger partial charge is 0.361 e. The Bertz CT molecular complexity index is 448. The van der Waals surface area contributed by atoms with E-state index >= 15 is 0 Å². The summed E-state index contributed by atoms with van der Waals surface area (Å²) in [5, 5.41) is 8.42. The molecule has 0 spiro atoms. The van der Waals surface area contributed by atoms with Gasteiger partial charge in [0.05, 0.1) is 11.4 Å². The number of thiophene rings is 1. The van der Waals surface area contributed by atoms with E-state index in [1.807, 2.05) is 18.4 Å². The van der Waals surface area contributed by atoms with Crippen molar-refractivity contribution in [3.05, 3.63) is 39.9 Å². The van der Waals surface area contributed by atoms with Crippen LogP contribution in [-0.4, -0.2) is 11.1 Å². The van der Waals surface area contributed by atoms with E-state index in [2.05, 4.69) is 10.5 Å². The molecule has 1 amide bonds. The predicted octanol–water partition coefficient (Wildman–Crippen LogP) is 1.97. The van der Waals surface area contributed by atoms with Crippen molar-refractivity contribution in [2.75, 3.05) is 0 Å². The summed E-state index contributed by atoms with van der Waals surface area (Å²) in [5.41, 5.74) is 0.734. The molecule has 0 unspecified atom stereocenters. The van der Waals surface area contributed by atoms with Crippen molar-refractivity contribution in [3.8, 4) is 0 Å². The number of nitrogens with one attached hydrogen (secondary N) is 1. The fourth-order valence-electron chi connectivity index (χ4n) is 1.17. The molecule has 0 aliphatic carbocycles. The van der Waals surface area contributed by atoms with Crippen LogP contribution in [0.5, 0.6) is 0 Å². The number of rotatable bonds is 3. The molecule has 0 bridgehead atoms. The van der Waals surface area contributed by atoms with Gasteiger partial charge in [-0.05, 0) is 18.4 Å². The van der Waals surface area contributed by atoms with Gasteiger partial charge in [-0.1, -0.05) is 11.2 Å². The lowest BCUT2D eigenvalue weighted by Crippen LogP contribution is -2.21. The van der Waals surface area contributed by atoms with Gasteiger partial charge >= 0.3 is 0 Å². The fourth-order valence-corrected chi connectivity index (χ4v) is 1.81. The van der Waals surface area contributed by atoms with Crippen LogP contribution in [0.15, 0.2) is 28.1 Å². The summed E-state index contributed by atoms with van der Waals surface area (Å²) in [6.45, 7) is 2.21. The van der Waals surface area contributed by atoms with E-state index in [1.54, 1.807) is 12.1 Å². The quantitative estimate of drug-likeness (QED) is 0.863. The SMILES string of the molecule is Cc1cc(CNC(=O)c2cccs2)no1. The zero-order valence-corrected chi connectivity index (χ0v) is 9.00. The van der Waals surface area contributed by atoms with Crippen LogP contribution in [0.25, 0.3) is 0 Å². The van der Waals surface area contributed by atoms with Gasteiger partial charge in [0.1, 0.15) is 11.5 Å². The van der Waals surface area contributed by atoms with Crippen molar-refractivity contribution in [1.29, 1.82) is 0 Å². The molecule has 0 saturated heterocycles. The number of hydrogen-bond donors (Lipinski definition) is 1. The van der Waals surface area contributed by atoms with Crippen LogP contribution in [0.2, 0.25) is 0 Å². The zero-order chi connectivity index (χ0) is 10.7. The van der Waals surface area contributed by atoms with Gasteiger partial charge in [0.2, 0.25) is 0 Å². The van der Waals surface area contributed by atoms with Gasteiger partial charge in [0.25, 0.3) is 5.91 Å². The highest BCUT2D eigenvalue weighted by Gasteiger charge is 2.07. The molecule has 78 valence electrons. The van der Waals surface area contributed by atoms with Crippen molar-refractivity contribution in [3.63, 3.8) is 0 Å². The van der Waals surface area contributed by atoms with Crippen molar-refractivity contribution in [1.82, 2.24) is 10.5 Å². The number of carbonyl (C=O) groups is 1. The molecular weight excluding hydrogens is 212 g/mol. The topological polar surface area (TPSA) is 55.1 Å². The summed E-state index contributed by atoms with van der Waals surface area (Å²) < 4.78 is 4.89. The highest BCUT2D eigenvalue weighted by Crippen LogP contribution is 2.08. The minimum absolute atomic E-state index is 0.0781. The Morgan fingerprint density at radius 2 is 2.53 bits per heavy atom. The van der Waals surface area contributed by atoms with Crippen LogP contribution in [0.4, 0.5) is 0 Å². The maximum absolute atomic E-state index is 11.5. The van der Waals surface area contributed by atoms with Crippen molar-refractivity contribution < 1.29 is 9.32 Å². The molecular formula is C10H10N2O2S. The molecule has 2 aromatic rings. The molecule has 0 aromatic carbocycles. The minimum atomic E-state index is -0.0781. The Kier molecular flexibility index (Phi) is 2.82. The summed E-state index contributed by atoms with van der Waals surface area (Å²) in [6.07, 6.45) is 0. The third-order valence-electron chi connectivity index (χ3n) is 1.85. The number of aryl methyl sites for hydroxylation is 1. The van der Waals surface area contributed by atoms with Gasteiger partial charge in [0.15, 0.2) is 0 Å². The molecule has 0 fully saturated rings. The predicted molar refractivity (Wildman–Crippen MR) is 56.7 cm³/mol. The second kappa shape index (κ2) is 4.27. The average Bonchev–Trinajstić information content (AvgIpc) is 2.84. The molecule has 2 rings (SSSR count). The molecule has 15 heavy (non-hydrogen) atoms. The zero-order valence-electron chi connectivity index (χ0n) is 8.19. The Labute approximate surface area is 90.9 Å². The number of amides is 1. The minimum Gasteiger partial charge on any atom is -0.361 e. The summed E-state index contributed by atoms with van der Waals surface area (Å²) >= 11 is 1.42. The van der Waals surface area contributed by atoms with Gasteiger partial charge in [-0.25, -0.2) is 0 Å². The molecule has 0 atom stereocenters. The first kappa shape index (κ1) is 9.92. The lowest BCUT2D eigenvalue weighted by Gasteiger charge is -1.98. The van der Waals surface area contributed by atoms with Crippen LogP contribution in [0.3, 0.4) is 0 Å². The van der Waals surface area contributed by atoms with Crippen LogP contribution < -0.4 is 5.32 Å². The molecule has 2 heterocycles. The van der Waals surface area contributed by atoms with Gasteiger partial charge in [-0.2, -0.15) is 0 Å². The second-order valence-electron chi connectivity index (χ2n) is 3.09.